The van der Waals surface area contributed by atoms with Crippen molar-refractivity contribution in [1.29, 1.82) is 0 Å². The van der Waals surface area contributed by atoms with Gasteiger partial charge in [-0.1, -0.05) is 12.8 Å². The van der Waals surface area contributed by atoms with Gasteiger partial charge in [0.2, 0.25) is 5.91 Å². The Morgan fingerprint density at radius 1 is 1.25 bits per heavy atom. The van der Waals surface area contributed by atoms with Gasteiger partial charge < -0.3 is 9.64 Å². The second-order valence-electron chi connectivity index (χ2n) is 5.17. The molecule has 0 N–H and O–H groups in total. The normalized spacial score (nSPS) is 16.4. The van der Waals surface area contributed by atoms with Gasteiger partial charge in [0.1, 0.15) is 12.0 Å². The fraction of sp³-hybridized carbons (Fsp3) is 0.500. The van der Waals surface area contributed by atoms with Gasteiger partial charge in [-0.15, -0.1) is 0 Å². The highest BCUT2D eigenvalue weighted by Crippen LogP contribution is 2.23. The number of hydrogen-bond acceptors (Lipinski definition) is 3. The van der Waals surface area contributed by atoms with Crippen molar-refractivity contribution in [1.82, 2.24) is 4.90 Å². The molecule has 1 saturated heterocycles. The molecule has 1 heterocycles. The molecular weight excluding hydrogens is 254 g/mol. The zero-order valence-electron chi connectivity index (χ0n) is 11.9. The summed E-state index contributed by atoms with van der Waals surface area (Å²) in [5.41, 5.74) is 1.51. The predicted octanol–water partition coefficient (Wildman–Crippen LogP) is 2.80. The Bertz CT molecular complexity index is 485. The fourth-order valence-corrected chi connectivity index (χ4v) is 2.58. The molecule has 20 heavy (non-hydrogen) atoms. The maximum absolute atomic E-state index is 12.1. The minimum Gasteiger partial charge on any atom is -0.496 e. The van der Waals surface area contributed by atoms with E-state index < -0.39 is 0 Å². The van der Waals surface area contributed by atoms with Crippen LogP contribution in [-0.2, 0) is 11.3 Å². The molecule has 4 heteroatoms. The number of nitrogens with zero attached hydrogens (tertiary/aromatic N) is 1. The van der Waals surface area contributed by atoms with Crippen molar-refractivity contribution < 1.29 is 14.3 Å². The minimum atomic E-state index is 0.197. The van der Waals surface area contributed by atoms with Crippen LogP contribution in [0.3, 0.4) is 0 Å². The van der Waals surface area contributed by atoms with E-state index in [0.717, 1.165) is 43.4 Å². The van der Waals surface area contributed by atoms with Gasteiger partial charge in [0, 0.05) is 30.6 Å². The molecule has 1 aliphatic heterocycles. The lowest BCUT2D eigenvalue weighted by Gasteiger charge is -2.25. The smallest absolute Gasteiger partial charge is 0.222 e. The van der Waals surface area contributed by atoms with E-state index in [2.05, 4.69) is 0 Å². The Balaban J connectivity index is 2.17. The maximum Gasteiger partial charge on any atom is 0.222 e. The molecule has 0 atom stereocenters. The molecule has 0 unspecified atom stereocenters. The van der Waals surface area contributed by atoms with Crippen LogP contribution in [-0.4, -0.2) is 30.7 Å². The van der Waals surface area contributed by atoms with Crippen molar-refractivity contribution in [3.63, 3.8) is 0 Å². The first kappa shape index (κ1) is 14.6. The molecule has 1 aromatic rings. The van der Waals surface area contributed by atoms with E-state index in [1.165, 1.54) is 6.42 Å². The quantitative estimate of drug-likeness (QED) is 0.794. The number of rotatable bonds is 4. The fourth-order valence-electron chi connectivity index (χ4n) is 2.58. The summed E-state index contributed by atoms with van der Waals surface area (Å²) >= 11 is 0. The van der Waals surface area contributed by atoms with Crippen molar-refractivity contribution in [3.8, 4) is 5.75 Å². The van der Waals surface area contributed by atoms with Crippen LogP contribution < -0.4 is 4.74 Å². The highest BCUT2D eigenvalue weighted by molar-refractivity contribution is 5.77. The number of carbonyl (C=O) groups is 2. The number of benzene rings is 1. The number of methoxy groups -OCH3 is 1. The monoisotopic (exact) mass is 275 g/mol. The van der Waals surface area contributed by atoms with E-state index in [1.807, 2.05) is 4.90 Å². The zero-order valence-corrected chi connectivity index (χ0v) is 11.9. The molecular formula is C16H21NO3. The van der Waals surface area contributed by atoms with Crippen LogP contribution in [0.4, 0.5) is 0 Å². The van der Waals surface area contributed by atoms with E-state index in [9.17, 15) is 9.59 Å². The highest BCUT2D eigenvalue weighted by Gasteiger charge is 2.17. The predicted molar refractivity (Wildman–Crippen MR) is 76.9 cm³/mol. The molecule has 0 bridgehead atoms. The third-order valence-corrected chi connectivity index (χ3v) is 3.72. The second-order valence-corrected chi connectivity index (χ2v) is 5.17. The first-order valence-electron chi connectivity index (χ1n) is 7.14. The lowest BCUT2D eigenvalue weighted by Crippen LogP contribution is -2.32. The SMILES string of the molecule is COc1ccc(C=O)cc1CN1CCCCCCC1=O. The first-order chi connectivity index (χ1) is 9.74. The van der Waals surface area contributed by atoms with Gasteiger partial charge in [-0.25, -0.2) is 0 Å². The molecule has 1 aliphatic rings. The van der Waals surface area contributed by atoms with Gasteiger partial charge in [-0.3, -0.25) is 9.59 Å². The Labute approximate surface area is 119 Å². The number of carbonyl (C=O) groups excluding carboxylic acids is 2. The van der Waals surface area contributed by atoms with E-state index in [-0.39, 0.29) is 5.91 Å². The van der Waals surface area contributed by atoms with Gasteiger partial charge in [0.05, 0.1) is 7.11 Å². The molecule has 0 aliphatic carbocycles. The standard InChI is InChI=1S/C16H21NO3/c1-20-15-8-7-13(12-18)10-14(15)11-17-9-5-3-2-4-6-16(17)19/h7-8,10,12H,2-6,9,11H2,1H3. The van der Waals surface area contributed by atoms with Crippen LogP contribution in [0.15, 0.2) is 18.2 Å². The van der Waals surface area contributed by atoms with Crippen LogP contribution >= 0.6 is 0 Å². The van der Waals surface area contributed by atoms with Crippen LogP contribution in [0.1, 0.15) is 48.0 Å². The molecule has 4 nitrogen and oxygen atoms in total. The largest absolute Gasteiger partial charge is 0.496 e. The summed E-state index contributed by atoms with van der Waals surface area (Å²) in [5.74, 6) is 0.925. The second kappa shape index (κ2) is 7.08. The van der Waals surface area contributed by atoms with E-state index in [0.29, 0.717) is 18.5 Å². The van der Waals surface area contributed by atoms with Crippen molar-refractivity contribution >= 4 is 12.2 Å². The van der Waals surface area contributed by atoms with Gasteiger partial charge in [0.25, 0.3) is 0 Å². The summed E-state index contributed by atoms with van der Waals surface area (Å²) in [7, 11) is 1.61. The summed E-state index contributed by atoms with van der Waals surface area (Å²) in [4.78, 5) is 24.9. The number of likely N-dealkylation sites (tertiary alicyclic amines) is 1. The molecule has 0 saturated carbocycles. The lowest BCUT2D eigenvalue weighted by atomic mass is 10.1. The van der Waals surface area contributed by atoms with Gasteiger partial charge in [-0.05, 0) is 31.0 Å². The average Bonchev–Trinajstić information content (AvgIpc) is 2.46. The highest BCUT2D eigenvalue weighted by atomic mass is 16.5. The van der Waals surface area contributed by atoms with E-state index in [4.69, 9.17) is 4.74 Å². The van der Waals surface area contributed by atoms with E-state index >= 15 is 0 Å². The lowest BCUT2D eigenvalue weighted by molar-refractivity contribution is -0.132. The van der Waals surface area contributed by atoms with Crippen molar-refractivity contribution in [2.75, 3.05) is 13.7 Å². The third-order valence-electron chi connectivity index (χ3n) is 3.72. The summed E-state index contributed by atoms with van der Waals surface area (Å²) in [6.45, 7) is 1.30. The number of aldehydes is 1. The van der Waals surface area contributed by atoms with Crippen LogP contribution in [0.25, 0.3) is 0 Å². The van der Waals surface area contributed by atoms with Crippen LogP contribution in [0.5, 0.6) is 5.75 Å². The van der Waals surface area contributed by atoms with Crippen LogP contribution in [0.2, 0.25) is 0 Å². The molecule has 0 radical (unpaired) electrons. The van der Waals surface area contributed by atoms with Gasteiger partial charge >= 0.3 is 0 Å². The third kappa shape index (κ3) is 3.59. The number of hydrogen-bond donors (Lipinski definition) is 0. The molecule has 0 aromatic heterocycles. The Morgan fingerprint density at radius 3 is 2.80 bits per heavy atom. The summed E-state index contributed by atoms with van der Waals surface area (Å²) in [5, 5.41) is 0. The Hall–Kier alpha value is -1.84. The maximum atomic E-state index is 12.1. The van der Waals surface area contributed by atoms with Crippen molar-refractivity contribution in [2.24, 2.45) is 0 Å². The first-order valence-corrected chi connectivity index (χ1v) is 7.14. The molecule has 108 valence electrons. The molecule has 1 amide bonds. The average molecular weight is 275 g/mol. The molecule has 2 rings (SSSR count). The van der Waals surface area contributed by atoms with Crippen molar-refractivity contribution in [3.05, 3.63) is 29.3 Å². The van der Waals surface area contributed by atoms with Crippen LogP contribution in [0, 0.1) is 0 Å². The molecule has 1 aromatic carbocycles. The molecule has 1 fully saturated rings. The Kier molecular flexibility index (Phi) is 5.16. The van der Waals surface area contributed by atoms with Crippen molar-refractivity contribution in [2.45, 2.75) is 38.6 Å². The number of amides is 1. The topological polar surface area (TPSA) is 46.6 Å². The van der Waals surface area contributed by atoms with Gasteiger partial charge in [-0.2, -0.15) is 0 Å². The zero-order chi connectivity index (χ0) is 14.4. The van der Waals surface area contributed by atoms with Gasteiger partial charge in [0.15, 0.2) is 0 Å². The minimum absolute atomic E-state index is 0.197. The van der Waals surface area contributed by atoms with E-state index in [1.54, 1.807) is 25.3 Å². The molecule has 0 spiro atoms. The summed E-state index contributed by atoms with van der Waals surface area (Å²) < 4.78 is 5.32. The summed E-state index contributed by atoms with van der Waals surface area (Å²) in [6.07, 6.45) is 5.77. The Morgan fingerprint density at radius 2 is 2.05 bits per heavy atom. The summed E-state index contributed by atoms with van der Waals surface area (Å²) in [6, 6.07) is 5.32. The number of ether oxygens (including phenoxy) is 1.